The zero-order chi connectivity index (χ0) is 27.1. The molecule has 0 spiro atoms. The Bertz CT molecular complexity index is 854. The third-order valence-corrected chi connectivity index (χ3v) is 12.9. The Balaban J connectivity index is 1.66. The van der Waals surface area contributed by atoms with Gasteiger partial charge in [0.15, 0.2) is 0 Å². The SMILES string of the molecule is C=C(C)[C@@H](CC[C@](C)(O)[C@H]1CC[C@]2(C)[C@@H]1[C@H](O)C[C@@H]1[C@@]3(C)[C@H](O)C[C@@H](O)C(C)(C)[C@@H]3CC[C@]12C)OO. The fourth-order valence-electron chi connectivity index (χ4n) is 10.4. The first-order valence-corrected chi connectivity index (χ1v) is 14.2. The number of fused-ring (bicyclic) bond motifs is 5. The van der Waals surface area contributed by atoms with Crippen LogP contribution >= 0.6 is 0 Å². The largest absolute Gasteiger partial charge is 0.393 e. The van der Waals surface area contributed by atoms with E-state index in [1.54, 1.807) is 0 Å². The maximum Gasteiger partial charge on any atom is 0.113 e. The first-order valence-electron chi connectivity index (χ1n) is 14.2. The first-order chi connectivity index (χ1) is 16.5. The maximum atomic E-state index is 11.8. The molecule has 0 saturated heterocycles. The van der Waals surface area contributed by atoms with Crippen LogP contribution < -0.4 is 0 Å². The summed E-state index contributed by atoms with van der Waals surface area (Å²) in [5.41, 5.74) is -1.19. The Labute approximate surface area is 218 Å². The third-order valence-electron chi connectivity index (χ3n) is 12.9. The minimum absolute atomic E-state index is 0.0356. The fraction of sp³-hybridized carbons (Fsp3) is 0.933. The highest BCUT2D eigenvalue weighted by atomic mass is 17.1. The van der Waals surface area contributed by atoms with Crippen molar-refractivity contribution < 1.29 is 30.6 Å². The van der Waals surface area contributed by atoms with Crippen LogP contribution in [0.5, 0.6) is 0 Å². The second-order valence-corrected chi connectivity index (χ2v) is 14.7. The lowest BCUT2D eigenvalue weighted by atomic mass is 9.34. The van der Waals surface area contributed by atoms with E-state index in [4.69, 9.17) is 0 Å². The zero-order valence-electron chi connectivity index (χ0n) is 23.6. The summed E-state index contributed by atoms with van der Waals surface area (Å²) in [5.74, 6) is 0.236. The fourth-order valence-corrected chi connectivity index (χ4v) is 10.4. The van der Waals surface area contributed by atoms with Gasteiger partial charge >= 0.3 is 0 Å². The van der Waals surface area contributed by atoms with Gasteiger partial charge in [0.05, 0.1) is 23.9 Å². The second-order valence-electron chi connectivity index (χ2n) is 14.7. The van der Waals surface area contributed by atoms with Crippen molar-refractivity contribution >= 4 is 0 Å². The van der Waals surface area contributed by atoms with Crippen molar-refractivity contribution in [2.45, 2.75) is 130 Å². The molecule has 0 aromatic rings. The third kappa shape index (κ3) is 3.80. The Kier molecular flexibility index (Phi) is 7.15. The zero-order valence-corrected chi connectivity index (χ0v) is 23.6. The number of hydrogen-bond donors (Lipinski definition) is 5. The van der Waals surface area contributed by atoms with Crippen molar-refractivity contribution in [2.24, 2.45) is 45.3 Å². The smallest absolute Gasteiger partial charge is 0.113 e. The summed E-state index contributed by atoms with van der Waals surface area (Å²) in [6.45, 7) is 18.8. The molecule has 12 atom stereocenters. The molecule has 0 bridgehead atoms. The average Bonchev–Trinajstić information content (AvgIpc) is 3.15. The molecule has 4 aliphatic carbocycles. The van der Waals surface area contributed by atoms with Gasteiger partial charge in [0.1, 0.15) is 6.10 Å². The minimum atomic E-state index is -1.00. The summed E-state index contributed by atoms with van der Waals surface area (Å²) >= 11 is 0. The van der Waals surface area contributed by atoms with E-state index >= 15 is 0 Å². The molecule has 0 amide bonds. The molecule has 4 rings (SSSR count). The van der Waals surface area contributed by atoms with Crippen LogP contribution in [0.3, 0.4) is 0 Å². The van der Waals surface area contributed by atoms with Crippen molar-refractivity contribution in [3.8, 4) is 0 Å². The van der Waals surface area contributed by atoms with Gasteiger partial charge in [0.2, 0.25) is 0 Å². The van der Waals surface area contributed by atoms with Crippen LogP contribution in [-0.4, -0.2) is 55.7 Å². The lowest BCUT2D eigenvalue weighted by Crippen LogP contribution is -2.69. The molecule has 0 aromatic heterocycles. The van der Waals surface area contributed by atoms with Crippen LogP contribution in [-0.2, 0) is 4.89 Å². The van der Waals surface area contributed by atoms with E-state index in [0.717, 1.165) is 31.3 Å². The molecule has 208 valence electrons. The quantitative estimate of drug-likeness (QED) is 0.197. The van der Waals surface area contributed by atoms with Crippen LogP contribution in [0, 0.1) is 45.3 Å². The van der Waals surface area contributed by atoms with Gasteiger partial charge in [0, 0.05) is 11.8 Å². The highest BCUT2D eigenvalue weighted by Gasteiger charge is 2.72. The molecule has 0 aromatic carbocycles. The number of hydrogen-bond acceptors (Lipinski definition) is 6. The molecule has 0 aliphatic heterocycles. The van der Waals surface area contributed by atoms with Crippen LogP contribution in [0.15, 0.2) is 12.2 Å². The van der Waals surface area contributed by atoms with Crippen molar-refractivity contribution in [2.75, 3.05) is 0 Å². The van der Waals surface area contributed by atoms with Crippen LogP contribution in [0.25, 0.3) is 0 Å². The molecule has 5 N–H and O–H groups in total. The Morgan fingerprint density at radius 3 is 2.17 bits per heavy atom. The summed E-state index contributed by atoms with van der Waals surface area (Å²) in [7, 11) is 0. The lowest BCUT2D eigenvalue weighted by Gasteiger charge is -2.71. The molecule has 4 fully saturated rings. The van der Waals surface area contributed by atoms with Crippen molar-refractivity contribution in [1.29, 1.82) is 0 Å². The summed E-state index contributed by atoms with van der Waals surface area (Å²) in [6.07, 6.45) is 3.49. The molecule has 0 unspecified atom stereocenters. The molecular formula is C30H52O6. The second kappa shape index (κ2) is 9.02. The van der Waals surface area contributed by atoms with Gasteiger partial charge in [-0.1, -0.05) is 41.2 Å². The molecule has 6 heteroatoms. The standard InChI is InChI=1S/C30H52O6/c1-17(2)20(36-35)10-14-29(7,34)18-9-12-28(6)25(18)19(31)15-22-27(28,5)13-11-21-26(3,4)23(32)16-24(33)30(21,22)8/h18-25,31-35H,1,9-16H2,2-8H3/t18-,19+,20+,21-,22-,23+,24+,25-,27+,28+,29-,30-/m0/s1. The predicted molar refractivity (Wildman–Crippen MR) is 140 cm³/mol. The summed E-state index contributed by atoms with van der Waals surface area (Å²) in [4.78, 5) is 4.60. The van der Waals surface area contributed by atoms with Crippen molar-refractivity contribution in [1.82, 2.24) is 0 Å². The van der Waals surface area contributed by atoms with Crippen LogP contribution in [0.4, 0.5) is 0 Å². The van der Waals surface area contributed by atoms with E-state index in [-0.39, 0.29) is 45.3 Å². The van der Waals surface area contributed by atoms with Gasteiger partial charge in [-0.25, -0.2) is 4.89 Å². The van der Waals surface area contributed by atoms with Crippen molar-refractivity contribution in [3.05, 3.63) is 12.2 Å². The minimum Gasteiger partial charge on any atom is -0.393 e. The molecule has 0 heterocycles. The van der Waals surface area contributed by atoms with E-state index in [1.165, 1.54) is 0 Å². The maximum absolute atomic E-state index is 11.8. The molecule has 4 saturated carbocycles. The van der Waals surface area contributed by atoms with E-state index < -0.39 is 30.0 Å². The lowest BCUT2D eigenvalue weighted by molar-refractivity contribution is -0.276. The molecule has 6 nitrogen and oxygen atoms in total. The van der Waals surface area contributed by atoms with Gasteiger partial charge in [0.25, 0.3) is 0 Å². The van der Waals surface area contributed by atoms with E-state index in [2.05, 4.69) is 46.1 Å². The topological polar surface area (TPSA) is 110 Å². The first kappa shape index (κ1) is 28.5. The number of aliphatic hydroxyl groups excluding tert-OH is 3. The molecular weight excluding hydrogens is 456 g/mol. The highest BCUT2D eigenvalue weighted by Crippen LogP contribution is 2.75. The molecule has 0 radical (unpaired) electrons. The Hall–Kier alpha value is -0.500. The Morgan fingerprint density at radius 2 is 1.58 bits per heavy atom. The van der Waals surface area contributed by atoms with Gasteiger partial charge in [-0.3, -0.25) is 5.26 Å². The molecule has 36 heavy (non-hydrogen) atoms. The van der Waals surface area contributed by atoms with E-state index in [0.29, 0.717) is 25.7 Å². The predicted octanol–water partition coefficient (Wildman–Crippen LogP) is 4.94. The van der Waals surface area contributed by atoms with Gasteiger partial charge < -0.3 is 20.4 Å². The van der Waals surface area contributed by atoms with Crippen LogP contribution in [0.1, 0.15) is 99.8 Å². The van der Waals surface area contributed by atoms with Gasteiger partial charge in [-0.05, 0) is 104 Å². The monoisotopic (exact) mass is 508 g/mol. The van der Waals surface area contributed by atoms with Crippen LogP contribution in [0.2, 0.25) is 0 Å². The molecule has 4 aliphatic rings. The average molecular weight is 509 g/mol. The van der Waals surface area contributed by atoms with E-state index in [1.807, 2.05) is 13.8 Å². The number of rotatable bonds is 6. The summed E-state index contributed by atoms with van der Waals surface area (Å²) in [5, 5.41) is 55.1. The highest BCUT2D eigenvalue weighted by molar-refractivity contribution is 5.21. The summed E-state index contributed by atoms with van der Waals surface area (Å²) in [6, 6.07) is 0. The normalized spacial score (nSPS) is 50.4. The van der Waals surface area contributed by atoms with Crippen molar-refractivity contribution in [3.63, 3.8) is 0 Å². The number of aliphatic hydroxyl groups is 4. The van der Waals surface area contributed by atoms with E-state index in [9.17, 15) is 25.7 Å². The van der Waals surface area contributed by atoms with Gasteiger partial charge in [-0.15, -0.1) is 0 Å². The summed E-state index contributed by atoms with van der Waals surface area (Å²) < 4.78 is 0. The van der Waals surface area contributed by atoms with Gasteiger partial charge in [-0.2, -0.15) is 0 Å². The Morgan fingerprint density at radius 1 is 0.972 bits per heavy atom.